The van der Waals surface area contributed by atoms with Gasteiger partial charge in [-0.3, -0.25) is 14.4 Å². The highest BCUT2D eigenvalue weighted by Crippen LogP contribution is 2.09. The molecule has 0 fully saturated rings. The number of Topliss-reactive ketones (excluding diaryl/α,β-unsaturated/α-hetero) is 1. The summed E-state index contributed by atoms with van der Waals surface area (Å²) in [6, 6.07) is 5.67. The van der Waals surface area contributed by atoms with E-state index in [1.807, 2.05) is 5.48 Å². The van der Waals surface area contributed by atoms with Crippen molar-refractivity contribution in [2.45, 2.75) is 6.92 Å². The fraction of sp³-hybridized carbons (Fsp3) is 0.182. The summed E-state index contributed by atoms with van der Waals surface area (Å²) in [7, 11) is 0. The minimum Gasteiger partial charge on any atom is -0.368 e. The van der Waals surface area contributed by atoms with Crippen LogP contribution in [0, 0.1) is 0 Å². The number of hydroxylamine groups is 1. The van der Waals surface area contributed by atoms with Crippen molar-refractivity contribution in [3.8, 4) is 0 Å². The maximum Gasteiger partial charge on any atom is 0.343 e. The molecule has 0 spiro atoms. The Labute approximate surface area is 103 Å². The second-order valence-corrected chi connectivity index (χ2v) is 3.44. The Morgan fingerprint density at radius 1 is 1.22 bits per heavy atom. The molecule has 0 saturated heterocycles. The number of hydrogen-bond donors (Lipinski definition) is 3. The van der Waals surface area contributed by atoms with Gasteiger partial charge in [0.15, 0.2) is 12.4 Å². The Morgan fingerprint density at radius 3 is 2.33 bits per heavy atom. The molecule has 1 rings (SSSR count). The van der Waals surface area contributed by atoms with Gasteiger partial charge in [-0.15, -0.1) is 0 Å². The number of carbonyl (C=O) groups is 3. The number of nitrogens with two attached hydrogens (primary N) is 1. The van der Waals surface area contributed by atoms with Gasteiger partial charge in [0.05, 0.1) is 0 Å². The van der Waals surface area contributed by atoms with E-state index in [0.29, 0.717) is 11.3 Å². The highest BCUT2D eigenvalue weighted by molar-refractivity contribution is 5.95. The molecule has 0 unspecified atom stereocenters. The standard InChI is InChI=1S/C11H13N3O4/c1-7(15)8-2-4-9(5-3-8)13-11(17)14-18-6-10(12)16/h2-5H,6H2,1H3,(H2,12,16)(H2,13,14,17). The van der Waals surface area contributed by atoms with Crippen LogP contribution in [0.4, 0.5) is 10.5 Å². The van der Waals surface area contributed by atoms with E-state index in [1.165, 1.54) is 6.92 Å². The minimum absolute atomic E-state index is 0.0595. The van der Waals surface area contributed by atoms with Crippen LogP contribution in [0.3, 0.4) is 0 Å². The van der Waals surface area contributed by atoms with E-state index in [1.54, 1.807) is 24.3 Å². The molecule has 0 aliphatic rings. The fourth-order valence-corrected chi connectivity index (χ4v) is 1.12. The van der Waals surface area contributed by atoms with E-state index in [2.05, 4.69) is 10.2 Å². The van der Waals surface area contributed by atoms with Gasteiger partial charge in [-0.25, -0.2) is 10.3 Å². The van der Waals surface area contributed by atoms with Crippen molar-refractivity contribution in [2.24, 2.45) is 5.73 Å². The highest BCUT2D eigenvalue weighted by atomic mass is 16.7. The van der Waals surface area contributed by atoms with Crippen molar-refractivity contribution in [1.82, 2.24) is 5.48 Å². The topological polar surface area (TPSA) is 111 Å². The van der Waals surface area contributed by atoms with Crippen LogP contribution >= 0.6 is 0 Å². The summed E-state index contributed by atoms with van der Waals surface area (Å²) in [4.78, 5) is 37.1. The average molecular weight is 251 g/mol. The predicted octanol–water partition coefficient (Wildman–Crippen LogP) is 0.428. The number of benzene rings is 1. The molecule has 0 aliphatic heterocycles. The van der Waals surface area contributed by atoms with Gasteiger partial charge in [0.25, 0.3) is 0 Å². The van der Waals surface area contributed by atoms with Gasteiger partial charge in [0.1, 0.15) is 0 Å². The first-order valence-electron chi connectivity index (χ1n) is 5.07. The normalized spacial score (nSPS) is 9.61. The number of amides is 3. The van der Waals surface area contributed by atoms with Crippen LogP contribution in [0.5, 0.6) is 0 Å². The first-order chi connectivity index (χ1) is 8.49. The van der Waals surface area contributed by atoms with Gasteiger partial charge in [0, 0.05) is 11.3 Å². The SMILES string of the molecule is CC(=O)c1ccc(NC(=O)NOCC(N)=O)cc1. The van der Waals surface area contributed by atoms with Crippen molar-refractivity contribution in [1.29, 1.82) is 0 Å². The summed E-state index contributed by atoms with van der Waals surface area (Å²) in [6.07, 6.45) is 0. The van der Waals surface area contributed by atoms with Crippen LogP contribution in [0.1, 0.15) is 17.3 Å². The van der Waals surface area contributed by atoms with Crippen molar-refractivity contribution in [3.05, 3.63) is 29.8 Å². The summed E-state index contributed by atoms with van der Waals surface area (Å²) in [5, 5.41) is 2.44. The van der Waals surface area contributed by atoms with E-state index in [4.69, 9.17) is 5.73 Å². The zero-order valence-corrected chi connectivity index (χ0v) is 9.73. The second kappa shape index (κ2) is 6.36. The molecule has 1 aromatic rings. The molecule has 0 heterocycles. The molecule has 3 amide bonds. The van der Waals surface area contributed by atoms with E-state index in [0.717, 1.165) is 0 Å². The molecule has 96 valence electrons. The first kappa shape index (κ1) is 13.7. The van der Waals surface area contributed by atoms with Crippen molar-refractivity contribution >= 4 is 23.4 Å². The van der Waals surface area contributed by atoms with Gasteiger partial charge in [-0.1, -0.05) is 0 Å². The number of nitrogens with one attached hydrogen (secondary N) is 2. The number of anilines is 1. The molecular formula is C11H13N3O4. The van der Waals surface area contributed by atoms with Crippen molar-refractivity contribution in [3.63, 3.8) is 0 Å². The number of urea groups is 1. The first-order valence-corrected chi connectivity index (χ1v) is 5.07. The number of ketones is 1. The Balaban J connectivity index is 2.44. The van der Waals surface area contributed by atoms with Crippen LogP contribution in [0.15, 0.2) is 24.3 Å². The lowest BCUT2D eigenvalue weighted by Gasteiger charge is -2.07. The molecule has 7 heteroatoms. The number of primary amides is 1. The van der Waals surface area contributed by atoms with E-state index in [-0.39, 0.29) is 5.78 Å². The predicted molar refractivity (Wildman–Crippen MR) is 63.7 cm³/mol. The summed E-state index contributed by atoms with van der Waals surface area (Å²) in [5.41, 5.74) is 7.82. The molecular weight excluding hydrogens is 238 g/mol. The largest absolute Gasteiger partial charge is 0.368 e. The molecule has 0 aromatic heterocycles. The Bertz CT molecular complexity index is 456. The van der Waals surface area contributed by atoms with Crippen LogP contribution < -0.4 is 16.5 Å². The summed E-state index contributed by atoms with van der Waals surface area (Å²) in [5.74, 6) is -0.753. The Kier molecular flexibility index (Phi) is 4.82. The Hall–Kier alpha value is -2.41. The maximum absolute atomic E-state index is 11.2. The molecule has 0 bridgehead atoms. The zero-order valence-electron chi connectivity index (χ0n) is 9.73. The third kappa shape index (κ3) is 4.62. The lowest BCUT2D eigenvalue weighted by Crippen LogP contribution is -2.32. The number of rotatable bonds is 5. The Morgan fingerprint density at radius 2 is 1.83 bits per heavy atom. The molecule has 7 nitrogen and oxygen atoms in total. The summed E-state index contributed by atoms with van der Waals surface area (Å²) in [6.45, 7) is 1.05. The third-order valence-electron chi connectivity index (χ3n) is 1.93. The van der Waals surface area contributed by atoms with Gasteiger partial charge >= 0.3 is 6.03 Å². The molecule has 0 atom stereocenters. The number of hydrogen-bond acceptors (Lipinski definition) is 4. The lowest BCUT2D eigenvalue weighted by atomic mass is 10.1. The van der Waals surface area contributed by atoms with Crippen LogP contribution in [-0.2, 0) is 9.63 Å². The molecule has 1 aromatic carbocycles. The van der Waals surface area contributed by atoms with Crippen LogP contribution in [0.25, 0.3) is 0 Å². The quantitative estimate of drug-likeness (QED) is 0.520. The van der Waals surface area contributed by atoms with E-state index in [9.17, 15) is 14.4 Å². The molecule has 18 heavy (non-hydrogen) atoms. The second-order valence-electron chi connectivity index (χ2n) is 3.44. The zero-order chi connectivity index (χ0) is 13.5. The summed E-state index contributed by atoms with van der Waals surface area (Å²) < 4.78 is 0. The molecule has 0 saturated carbocycles. The lowest BCUT2D eigenvalue weighted by molar-refractivity contribution is -0.124. The van der Waals surface area contributed by atoms with Crippen molar-refractivity contribution in [2.75, 3.05) is 11.9 Å². The van der Waals surface area contributed by atoms with Gasteiger partial charge < -0.3 is 11.1 Å². The average Bonchev–Trinajstić information content (AvgIpc) is 2.29. The van der Waals surface area contributed by atoms with Gasteiger partial charge in [-0.2, -0.15) is 0 Å². The van der Waals surface area contributed by atoms with Crippen LogP contribution in [0.2, 0.25) is 0 Å². The van der Waals surface area contributed by atoms with E-state index < -0.39 is 18.5 Å². The highest BCUT2D eigenvalue weighted by Gasteiger charge is 2.03. The van der Waals surface area contributed by atoms with Crippen molar-refractivity contribution < 1.29 is 19.2 Å². The van der Waals surface area contributed by atoms with E-state index >= 15 is 0 Å². The molecule has 0 radical (unpaired) electrons. The minimum atomic E-state index is -0.693. The molecule has 4 N–H and O–H groups in total. The summed E-state index contributed by atoms with van der Waals surface area (Å²) >= 11 is 0. The monoisotopic (exact) mass is 251 g/mol. The van der Waals surface area contributed by atoms with Crippen LogP contribution in [-0.4, -0.2) is 24.3 Å². The van der Waals surface area contributed by atoms with Gasteiger partial charge in [0.2, 0.25) is 5.91 Å². The smallest absolute Gasteiger partial charge is 0.343 e. The maximum atomic E-state index is 11.2. The third-order valence-corrected chi connectivity index (χ3v) is 1.93. The fourth-order valence-electron chi connectivity index (χ4n) is 1.12. The molecule has 0 aliphatic carbocycles. The van der Waals surface area contributed by atoms with Gasteiger partial charge in [-0.05, 0) is 31.2 Å². The number of carbonyl (C=O) groups excluding carboxylic acids is 3.